The van der Waals surface area contributed by atoms with E-state index in [1.165, 1.54) is 38.5 Å². The van der Waals surface area contributed by atoms with Gasteiger partial charge in [0.25, 0.3) is 0 Å². The first-order chi connectivity index (χ1) is 8.34. The second-order valence-electron chi connectivity index (χ2n) is 4.97. The van der Waals surface area contributed by atoms with E-state index in [-0.39, 0.29) is 0 Å². The zero-order chi connectivity index (χ0) is 12.3. The fraction of sp³-hybridized carbons (Fsp3) is 1.00. The van der Waals surface area contributed by atoms with Crippen molar-refractivity contribution in [2.75, 3.05) is 26.4 Å². The summed E-state index contributed by atoms with van der Waals surface area (Å²) in [6.45, 7) is 8.05. The molecule has 1 aliphatic rings. The average Bonchev–Trinajstić information content (AvgIpc) is 2.86. The summed E-state index contributed by atoms with van der Waals surface area (Å²) in [5.74, 6) is 0. The molecule has 102 valence electrons. The van der Waals surface area contributed by atoms with E-state index >= 15 is 0 Å². The molecule has 1 rings (SSSR count). The minimum Gasteiger partial charge on any atom is -0.380 e. The molecule has 0 aliphatic carbocycles. The van der Waals surface area contributed by atoms with Gasteiger partial charge in [0.1, 0.15) is 0 Å². The Morgan fingerprint density at radius 2 is 2.18 bits per heavy atom. The Labute approximate surface area is 106 Å². The first-order valence-corrected chi connectivity index (χ1v) is 7.27. The second kappa shape index (κ2) is 9.86. The highest BCUT2D eigenvalue weighted by atomic mass is 16.5. The average molecular weight is 243 g/mol. The molecule has 0 spiro atoms. The summed E-state index contributed by atoms with van der Waals surface area (Å²) < 4.78 is 11.2. The fourth-order valence-corrected chi connectivity index (χ4v) is 2.22. The molecule has 3 nitrogen and oxygen atoms in total. The molecule has 1 saturated heterocycles. The zero-order valence-corrected chi connectivity index (χ0v) is 11.5. The molecule has 0 aromatic rings. The van der Waals surface area contributed by atoms with E-state index in [1.807, 2.05) is 0 Å². The summed E-state index contributed by atoms with van der Waals surface area (Å²) in [6, 6.07) is 0.459. The van der Waals surface area contributed by atoms with Gasteiger partial charge in [0.05, 0.1) is 12.7 Å². The highest BCUT2D eigenvalue weighted by molar-refractivity contribution is 4.76. The van der Waals surface area contributed by atoms with Crippen LogP contribution in [0.2, 0.25) is 0 Å². The molecular weight excluding hydrogens is 214 g/mol. The molecule has 0 saturated carbocycles. The summed E-state index contributed by atoms with van der Waals surface area (Å²) in [5, 5.41) is 3.48. The fourth-order valence-electron chi connectivity index (χ4n) is 2.22. The van der Waals surface area contributed by atoms with Crippen molar-refractivity contribution in [1.29, 1.82) is 0 Å². The van der Waals surface area contributed by atoms with E-state index in [2.05, 4.69) is 19.2 Å². The van der Waals surface area contributed by atoms with Gasteiger partial charge in [-0.05, 0) is 26.2 Å². The minimum atomic E-state index is 0.416. The van der Waals surface area contributed by atoms with Crippen LogP contribution in [0.4, 0.5) is 0 Å². The monoisotopic (exact) mass is 243 g/mol. The largest absolute Gasteiger partial charge is 0.380 e. The Morgan fingerprint density at radius 1 is 1.29 bits per heavy atom. The van der Waals surface area contributed by atoms with Crippen LogP contribution in [-0.4, -0.2) is 38.5 Å². The molecule has 0 radical (unpaired) electrons. The van der Waals surface area contributed by atoms with Crippen LogP contribution in [0.25, 0.3) is 0 Å². The molecule has 1 fully saturated rings. The van der Waals surface area contributed by atoms with Crippen molar-refractivity contribution in [3.8, 4) is 0 Å². The highest BCUT2D eigenvalue weighted by Gasteiger charge is 2.21. The van der Waals surface area contributed by atoms with Crippen molar-refractivity contribution in [3.63, 3.8) is 0 Å². The molecule has 0 bridgehead atoms. The van der Waals surface area contributed by atoms with Gasteiger partial charge in [-0.3, -0.25) is 0 Å². The molecule has 1 heterocycles. The maximum absolute atomic E-state index is 5.63. The van der Waals surface area contributed by atoms with Crippen LogP contribution in [0, 0.1) is 0 Å². The van der Waals surface area contributed by atoms with E-state index in [1.54, 1.807) is 0 Å². The van der Waals surface area contributed by atoms with Gasteiger partial charge in [-0.1, -0.05) is 26.2 Å². The van der Waals surface area contributed by atoms with Crippen LogP contribution in [0.5, 0.6) is 0 Å². The van der Waals surface area contributed by atoms with E-state index in [9.17, 15) is 0 Å². The lowest BCUT2D eigenvalue weighted by atomic mass is 10.1. The Hall–Kier alpha value is -0.120. The van der Waals surface area contributed by atoms with Gasteiger partial charge in [-0.25, -0.2) is 0 Å². The summed E-state index contributed by atoms with van der Waals surface area (Å²) in [7, 11) is 0. The van der Waals surface area contributed by atoms with E-state index < -0.39 is 0 Å². The Balaban J connectivity index is 1.83. The molecule has 0 aromatic carbocycles. The maximum atomic E-state index is 5.63. The van der Waals surface area contributed by atoms with Gasteiger partial charge < -0.3 is 14.8 Å². The summed E-state index contributed by atoms with van der Waals surface area (Å²) in [4.78, 5) is 0. The summed E-state index contributed by atoms with van der Waals surface area (Å²) in [5.41, 5.74) is 0. The van der Waals surface area contributed by atoms with Crippen LogP contribution in [0.15, 0.2) is 0 Å². The molecule has 0 aromatic heterocycles. The third kappa shape index (κ3) is 7.02. The second-order valence-corrected chi connectivity index (χ2v) is 4.97. The molecule has 2 atom stereocenters. The minimum absolute atomic E-state index is 0.416. The standard InChI is InChI=1S/C14H29NO2/c1-3-4-5-6-10-16-12-9-15-13(2)14-8-7-11-17-14/h13-15H,3-12H2,1-2H3. The normalized spacial score (nSPS) is 21.9. The lowest BCUT2D eigenvalue weighted by Gasteiger charge is -2.19. The third-order valence-electron chi connectivity index (χ3n) is 3.38. The topological polar surface area (TPSA) is 30.5 Å². The zero-order valence-electron chi connectivity index (χ0n) is 11.5. The molecule has 1 N–H and O–H groups in total. The lowest BCUT2D eigenvalue weighted by Crippen LogP contribution is -2.38. The van der Waals surface area contributed by atoms with Gasteiger partial charge >= 0.3 is 0 Å². The first kappa shape index (κ1) is 14.9. The lowest BCUT2D eigenvalue weighted by molar-refractivity contribution is 0.0766. The van der Waals surface area contributed by atoms with E-state index in [0.29, 0.717) is 12.1 Å². The molecular formula is C14H29NO2. The van der Waals surface area contributed by atoms with Gasteiger partial charge in [0, 0.05) is 25.8 Å². The van der Waals surface area contributed by atoms with Gasteiger partial charge in [-0.15, -0.1) is 0 Å². The smallest absolute Gasteiger partial charge is 0.0726 e. The van der Waals surface area contributed by atoms with Crippen molar-refractivity contribution < 1.29 is 9.47 Å². The van der Waals surface area contributed by atoms with Crippen LogP contribution in [0.1, 0.15) is 52.4 Å². The third-order valence-corrected chi connectivity index (χ3v) is 3.38. The van der Waals surface area contributed by atoms with E-state index in [0.717, 1.165) is 26.4 Å². The van der Waals surface area contributed by atoms with Gasteiger partial charge in [-0.2, -0.15) is 0 Å². The van der Waals surface area contributed by atoms with Crippen LogP contribution >= 0.6 is 0 Å². The van der Waals surface area contributed by atoms with Crippen molar-refractivity contribution in [2.45, 2.75) is 64.5 Å². The quantitative estimate of drug-likeness (QED) is 0.598. The Kier molecular flexibility index (Phi) is 8.67. The predicted octanol–water partition coefficient (Wildman–Crippen LogP) is 2.74. The van der Waals surface area contributed by atoms with Crippen molar-refractivity contribution >= 4 is 0 Å². The number of unbranched alkanes of at least 4 members (excludes halogenated alkanes) is 3. The SMILES string of the molecule is CCCCCCOCCNC(C)C1CCCO1. The predicted molar refractivity (Wildman–Crippen MR) is 71.4 cm³/mol. The number of hydrogen-bond donors (Lipinski definition) is 1. The molecule has 17 heavy (non-hydrogen) atoms. The van der Waals surface area contributed by atoms with Crippen LogP contribution in [0.3, 0.4) is 0 Å². The summed E-state index contributed by atoms with van der Waals surface area (Å²) in [6.07, 6.45) is 7.96. The van der Waals surface area contributed by atoms with Crippen LogP contribution < -0.4 is 5.32 Å². The van der Waals surface area contributed by atoms with Crippen molar-refractivity contribution in [3.05, 3.63) is 0 Å². The number of ether oxygens (including phenoxy) is 2. The van der Waals surface area contributed by atoms with E-state index in [4.69, 9.17) is 9.47 Å². The van der Waals surface area contributed by atoms with Crippen molar-refractivity contribution in [2.24, 2.45) is 0 Å². The first-order valence-electron chi connectivity index (χ1n) is 7.27. The summed E-state index contributed by atoms with van der Waals surface area (Å²) >= 11 is 0. The Morgan fingerprint density at radius 3 is 2.88 bits per heavy atom. The number of nitrogens with one attached hydrogen (secondary N) is 1. The molecule has 1 aliphatic heterocycles. The van der Waals surface area contributed by atoms with Gasteiger partial charge in [0.2, 0.25) is 0 Å². The van der Waals surface area contributed by atoms with Gasteiger partial charge in [0.15, 0.2) is 0 Å². The van der Waals surface area contributed by atoms with Crippen LogP contribution in [-0.2, 0) is 9.47 Å². The molecule has 2 unspecified atom stereocenters. The van der Waals surface area contributed by atoms with Crippen molar-refractivity contribution in [1.82, 2.24) is 5.32 Å². The molecule has 3 heteroatoms. The maximum Gasteiger partial charge on any atom is 0.0726 e. The highest BCUT2D eigenvalue weighted by Crippen LogP contribution is 2.14. The Bertz CT molecular complexity index is 170. The number of rotatable bonds is 10. The molecule has 0 amide bonds. The number of hydrogen-bond acceptors (Lipinski definition) is 3.